The van der Waals surface area contributed by atoms with Crippen LogP contribution in [-0.2, 0) is 16.1 Å². The molecule has 210 valence electrons. The minimum atomic E-state index is -0.642. The molecule has 0 aliphatic carbocycles. The molecular weight excluding hydrogens is 612 g/mol. The molecule has 42 heavy (non-hydrogen) atoms. The monoisotopic (exact) mass is 638 g/mol. The number of esters is 1. The smallest absolute Gasteiger partial charge is 0.338 e. The summed E-state index contributed by atoms with van der Waals surface area (Å²) in [5, 5.41) is 2.29. The molecule has 4 aromatic carbocycles. The fourth-order valence-corrected chi connectivity index (χ4v) is 6.68. The van der Waals surface area contributed by atoms with E-state index in [2.05, 4.69) is 40.2 Å². The van der Waals surface area contributed by atoms with E-state index in [1.807, 2.05) is 79.7 Å². The van der Waals surface area contributed by atoms with Crippen molar-refractivity contribution in [1.29, 1.82) is 0 Å². The Kier molecular flexibility index (Phi) is 7.91. The minimum Gasteiger partial charge on any atom is -0.488 e. The summed E-state index contributed by atoms with van der Waals surface area (Å²) in [6, 6.07) is 29.0. The van der Waals surface area contributed by atoms with Crippen LogP contribution in [0.25, 0.3) is 16.8 Å². The molecule has 2 heterocycles. The van der Waals surface area contributed by atoms with Gasteiger partial charge in [0, 0.05) is 10.0 Å². The molecule has 6 nitrogen and oxygen atoms in total. The Bertz CT molecular complexity index is 2020. The van der Waals surface area contributed by atoms with Crippen LogP contribution in [0.3, 0.4) is 0 Å². The van der Waals surface area contributed by atoms with Gasteiger partial charge < -0.3 is 9.47 Å². The van der Waals surface area contributed by atoms with E-state index in [1.54, 1.807) is 4.57 Å². The van der Waals surface area contributed by atoms with Gasteiger partial charge in [0.1, 0.15) is 12.4 Å². The van der Waals surface area contributed by atoms with Crippen molar-refractivity contribution < 1.29 is 14.3 Å². The number of methoxy groups -OCH3 is 1. The first-order valence-electron chi connectivity index (χ1n) is 13.6. The highest BCUT2D eigenvalue weighted by atomic mass is 79.9. The number of fused-ring (bicyclic) bond motifs is 2. The molecule has 1 aliphatic heterocycles. The molecule has 0 amide bonds. The Hall–Kier alpha value is -4.27. The number of benzene rings is 4. The lowest BCUT2D eigenvalue weighted by molar-refractivity contribution is -0.136. The molecule has 0 radical (unpaired) electrons. The maximum absolute atomic E-state index is 14.0. The van der Waals surface area contributed by atoms with Crippen molar-refractivity contribution in [2.24, 2.45) is 4.99 Å². The van der Waals surface area contributed by atoms with Gasteiger partial charge in [0.15, 0.2) is 4.80 Å². The molecule has 0 spiro atoms. The molecule has 0 fully saturated rings. The van der Waals surface area contributed by atoms with E-state index in [-0.39, 0.29) is 5.56 Å². The Morgan fingerprint density at radius 1 is 1.02 bits per heavy atom. The van der Waals surface area contributed by atoms with Crippen molar-refractivity contribution in [3.05, 3.63) is 143 Å². The minimum absolute atomic E-state index is 0.232. The average molecular weight is 640 g/mol. The summed E-state index contributed by atoms with van der Waals surface area (Å²) in [5.74, 6) is 0.163. The van der Waals surface area contributed by atoms with Crippen molar-refractivity contribution in [2.45, 2.75) is 26.0 Å². The number of allylic oxidation sites excluding steroid dienone is 1. The highest BCUT2D eigenvalue weighted by Gasteiger charge is 2.33. The Labute approximate surface area is 255 Å². The van der Waals surface area contributed by atoms with E-state index in [0.717, 1.165) is 31.9 Å². The number of hydrogen-bond acceptors (Lipinski definition) is 6. The Morgan fingerprint density at radius 2 is 1.79 bits per heavy atom. The molecule has 0 unspecified atom stereocenters. The number of thiazole rings is 1. The summed E-state index contributed by atoms with van der Waals surface area (Å²) in [4.78, 5) is 32.3. The van der Waals surface area contributed by atoms with E-state index in [0.29, 0.717) is 39.4 Å². The van der Waals surface area contributed by atoms with Gasteiger partial charge in [0.25, 0.3) is 5.56 Å². The number of halogens is 1. The second-order valence-corrected chi connectivity index (χ2v) is 11.7. The molecule has 6 rings (SSSR count). The highest BCUT2D eigenvalue weighted by Crippen LogP contribution is 2.32. The van der Waals surface area contributed by atoms with E-state index in [1.165, 1.54) is 18.4 Å². The summed E-state index contributed by atoms with van der Waals surface area (Å²) in [7, 11) is 1.35. The molecule has 1 aromatic heterocycles. The molecule has 1 atom stereocenters. The molecule has 0 N–H and O–H groups in total. The summed E-state index contributed by atoms with van der Waals surface area (Å²) in [6.07, 6.45) is 2.36. The van der Waals surface area contributed by atoms with Gasteiger partial charge in [-0.3, -0.25) is 9.36 Å². The van der Waals surface area contributed by atoms with Crippen LogP contribution in [-0.4, -0.2) is 17.6 Å². The lowest BCUT2D eigenvalue weighted by atomic mass is 9.95. The van der Waals surface area contributed by atoms with Crippen LogP contribution in [0, 0.1) is 0 Å². The largest absolute Gasteiger partial charge is 0.488 e. The lowest BCUT2D eigenvalue weighted by Gasteiger charge is -2.25. The number of aromatic nitrogens is 1. The first-order valence-corrected chi connectivity index (χ1v) is 15.2. The first-order chi connectivity index (χ1) is 20.5. The summed E-state index contributed by atoms with van der Waals surface area (Å²) in [6.45, 7) is 2.32. The fourth-order valence-electron chi connectivity index (χ4n) is 5.29. The number of nitrogens with zero attached hydrogens (tertiary/aromatic N) is 2. The van der Waals surface area contributed by atoms with Crippen molar-refractivity contribution in [2.75, 3.05) is 7.11 Å². The van der Waals surface area contributed by atoms with Crippen molar-refractivity contribution in [3.8, 4) is 5.75 Å². The molecular formula is C34H27BrN2O4S. The van der Waals surface area contributed by atoms with E-state index < -0.39 is 12.0 Å². The number of hydrogen-bond donors (Lipinski definition) is 0. The average Bonchev–Trinajstić information content (AvgIpc) is 3.33. The summed E-state index contributed by atoms with van der Waals surface area (Å²) < 4.78 is 14.4. The normalized spacial score (nSPS) is 14.9. The van der Waals surface area contributed by atoms with Gasteiger partial charge in [-0.15, -0.1) is 0 Å². The molecule has 0 saturated heterocycles. The Morgan fingerprint density at radius 3 is 2.57 bits per heavy atom. The van der Waals surface area contributed by atoms with Gasteiger partial charge in [-0.1, -0.05) is 107 Å². The van der Waals surface area contributed by atoms with Crippen LogP contribution in [0.4, 0.5) is 0 Å². The van der Waals surface area contributed by atoms with Crippen LogP contribution in [0.2, 0.25) is 0 Å². The highest BCUT2D eigenvalue weighted by molar-refractivity contribution is 9.10. The van der Waals surface area contributed by atoms with Crippen LogP contribution in [0.1, 0.15) is 36.1 Å². The predicted molar refractivity (Wildman–Crippen MR) is 169 cm³/mol. The van der Waals surface area contributed by atoms with E-state index >= 15 is 0 Å². The zero-order chi connectivity index (χ0) is 29.2. The van der Waals surface area contributed by atoms with Crippen LogP contribution in [0.5, 0.6) is 5.75 Å². The van der Waals surface area contributed by atoms with Gasteiger partial charge >= 0.3 is 5.97 Å². The third-order valence-corrected chi connectivity index (χ3v) is 8.76. The van der Waals surface area contributed by atoms with Gasteiger partial charge in [-0.2, -0.15) is 0 Å². The van der Waals surface area contributed by atoms with Crippen molar-refractivity contribution in [1.82, 2.24) is 4.57 Å². The third-order valence-electron chi connectivity index (χ3n) is 7.29. The summed E-state index contributed by atoms with van der Waals surface area (Å²) in [5.41, 5.74) is 3.41. The molecule has 1 aliphatic rings. The van der Waals surface area contributed by atoms with Crippen LogP contribution < -0.4 is 19.6 Å². The number of carbonyl (C=O) groups is 1. The van der Waals surface area contributed by atoms with Crippen LogP contribution in [0.15, 0.2) is 117 Å². The van der Waals surface area contributed by atoms with Crippen LogP contribution >= 0.6 is 27.3 Å². The van der Waals surface area contributed by atoms with Gasteiger partial charge in [0.05, 0.1) is 29.0 Å². The van der Waals surface area contributed by atoms with Crippen molar-refractivity contribution >= 4 is 50.1 Å². The second-order valence-electron chi connectivity index (χ2n) is 9.81. The molecule has 8 heteroatoms. The number of rotatable bonds is 7. The quantitative estimate of drug-likeness (QED) is 0.196. The number of carbonyl (C=O) groups excluding carboxylic acids is 1. The second kappa shape index (κ2) is 11.9. The zero-order valence-corrected chi connectivity index (χ0v) is 25.4. The van der Waals surface area contributed by atoms with Gasteiger partial charge in [-0.25, -0.2) is 9.79 Å². The zero-order valence-electron chi connectivity index (χ0n) is 23.0. The third kappa shape index (κ3) is 5.24. The predicted octanol–water partition coefficient (Wildman–Crippen LogP) is 6.29. The number of ether oxygens (including phenoxy) is 2. The molecule has 0 bridgehead atoms. The molecule has 5 aromatic rings. The summed E-state index contributed by atoms with van der Waals surface area (Å²) >= 11 is 4.87. The maximum atomic E-state index is 14.0. The van der Waals surface area contributed by atoms with Gasteiger partial charge in [-0.05, 0) is 52.6 Å². The standard InChI is InChI=1S/C34H27BrN2O4S/c1-3-27-30(33(39)40-2)31(22-11-5-4-6-12-22)37-32(38)29(42-34(37)36-27)19-24-18-25(35)16-17-28(24)41-20-23-14-9-13-21-10-7-8-15-26(21)23/h4-19,31H,3,20H2,1-2H3/b29-19-/t31-/m1/s1. The first kappa shape index (κ1) is 27.9. The maximum Gasteiger partial charge on any atom is 0.338 e. The SMILES string of the molecule is CCC1=C(C(=O)OC)[C@@H](c2ccccc2)n2c(s/c(=C\c3cc(Br)ccc3OCc3cccc4ccccc34)c2=O)=N1. The van der Waals surface area contributed by atoms with E-state index in [4.69, 9.17) is 14.5 Å². The topological polar surface area (TPSA) is 69.9 Å². The van der Waals surface area contributed by atoms with Crippen molar-refractivity contribution in [3.63, 3.8) is 0 Å². The van der Waals surface area contributed by atoms with Gasteiger partial charge in [0.2, 0.25) is 0 Å². The van der Waals surface area contributed by atoms with E-state index in [9.17, 15) is 9.59 Å². The lowest BCUT2D eigenvalue weighted by Crippen LogP contribution is -2.40. The fraction of sp³-hybridized carbons (Fsp3) is 0.147. The Balaban J connectivity index is 1.45. The molecule has 0 saturated carbocycles.